The van der Waals surface area contributed by atoms with Gasteiger partial charge in [-0.15, -0.1) is 0 Å². The van der Waals surface area contributed by atoms with Crippen LogP contribution >= 0.6 is 22.6 Å². The van der Waals surface area contributed by atoms with E-state index in [1.807, 2.05) is 24.3 Å². The van der Waals surface area contributed by atoms with E-state index < -0.39 is 6.04 Å². The van der Waals surface area contributed by atoms with E-state index in [0.717, 1.165) is 28.4 Å². The van der Waals surface area contributed by atoms with Gasteiger partial charge in [-0.25, -0.2) is 9.59 Å². The smallest absolute Gasteiger partial charge is 0.338 e. The number of nitrogens with zero attached hydrogens (tertiary/aromatic N) is 1. The van der Waals surface area contributed by atoms with Gasteiger partial charge >= 0.3 is 12.0 Å². The number of esters is 1. The number of carbonyl (C=O) groups is 2. The Kier molecular flexibility index (Phi) is 5.36. The first-order valence-corrected chi connectivity index (χ1v) is 9.68. The Hall–Kier alpha value is -1.57. The maximum Gasteiger partial charge on any atom is 0.338 e. The lowest BCUT2D eigenvalue weighted by Crippen LogP contribution is -2.46. The van der Waals surface area contributed by atoms with Gasteiger partial charge in [0.05, 0.1) is 11.6 Å². The van der Waals surface area contributed by atoms with Crippen LogP contribution in [0.1, 0.15) is 44.7 Å². The summed E-state index contributed by atoms with van der Waals surface area (Å²) in [5.74, 6) is 0.0591. The number of carbonyl (C=O) groups excluding carboxylic acids is 2. The number of nitrogens with one attached hydrogen (secondary N) is 1. The Morgan fingerprint density at radius 1 is 1.32 bits per heavy atom. The molecule has 1 aromatic rings. The number of urea groups is 1. The Morgan fingerprint density at radius 2 is 2.04 bits per heavy atom. The third kappa shape index (κ3) is 3.54. The van der Waals surface area contributed by atoms with Crippen molar-refractivity contribution in [3.8, 4) is 0 Å². The molecule has 2 aliphatic rings. The SMILES string of the molecule is CC1=C(C(=O)O[C@@H]2CCC[C@@H]2C)[C@@H](c2ccccc2I)NC(=O)N1C. The molecule has 25 heavy (non-hydrogen) atoms. The van der Waals surface area contributed by atoms with E-state index in [-0.39, 0.29) is 18.1 Å². The highest BCUT2D eigenvalue weighted by Crippen LogP contribution is 2.35. The summed E-state index contributed by atoms with van der Waals surface area (Å²) in [5.41, 5.74) is 2.07. The fraction of sp³-hybridized carbons (Fsp3) is 0.474. The van der Waals surface area contributed by atoms with Crippen molar-refractivity contribution in [2.75, 3.05) is 7.05 Å². The second kappa shape index (κ2) is 7.35. The monoisotopic (exact) mass is 454 g/mol. The summed E-state index contributed by atoms with van der Waals surface area (Å²) >= 11 is 2.23. The number of halogens is 1. The van der Waals surface area contributed by atoms with Crippen molar-refractivity contribution < 1.29 is 14.3 Å². The number of hydrogen-bond acceptors (Lipinski definition) is 3. The largest absolute Gasteiger partial charge is 0.459 e. The molecule has 1 fully saturated rings. The molecule has 2 amide bonds. The molecule has 0 radical (unpaired) electrons. The predicted octanol–water partition coefficient (Wildman–Crippen LogP) is 3.99. The summed E-state index contributed by atoms with van der Waals surface area (Å²) in [7, 11) is 1.67. The molecule has 1 aliphatic carbocycles. The van der Waals surface area contributed by atoms with Gasteiger partial charge in [0.1, 0.15) is 6.10 Å². The van der Waals surface area contributed by atoms with Crippen molar-refractivity contribution in [1.82, 2.24) is 10.2 Å². The molecule has 134 valence electrons. The van der Waals surface area contributed by atoms with Gasteiger partial charge in [0.2, 0.25) is 0 Å². The highest BCUT2D eigenvalue weighted by molar-refractivity contribution is 14.1. The zero-order valence-electron chi connectivity index (χ0n) is 14.7. The van der Waals surface area contributed by atoms with Gasteiger partial charge < -0.3 is 15.0 Å². The topological polar surface area (TPSA) is 58.6 Å². The molecule has 0 unspecified atom stereocenters. The van der Waals surface area contributed by atoms with E-state index in [2.05, 4.69) is 34.8 Å². The van der Waals surface area contributed by atoms with E-state index in [1.165, 1.54) is 4.90 Å². The van der Waals surface area contributed by atoms with Gasteiger partial charge in [0.15, 0.2) is 0 Å². The minimum absolute atomic E-state index is 0.0359. The standard InChI is InChI=1S/C19H23IN2O3/c1-11-7-6-10-15(11)25-18(23)16-12(2)22(3)19(24)21-17(16)13-8-4-5-9-14(13)20/h4-5,8-9,11,15,17H,6-7,10H2,1-3H3,(H,21,24)/t11-,15+,17+/m0/s1. The van der Waals surface area contributed by atoms with Crippen LogP contribution in [0.4, 0.5) is 4.79 Å². The molecular formula is C19H23IN2O3. The zero-order valence-corrected chi connectivity index (χ0v) is 16.9. The molecule has 3 atom stereocenters. The number of amides is 2. The summed E-state index contributed by atoms with van der Waals surface area (Å²) in [6.07, 6.45) is 3.06. The van der Waals surface area contributed by atoms with E-state index in [0.29, 0.717) is 17.2 Å². The maximum atomic E-state index is 13.0. The van der Waals surface area contributed by atoms with Crippen LogP contribution in [0.15, 0.2) is 35.5 Å². The third-order valence-electron chi connectivity index (χ3n) is 5.23. The molecule has 1 aliphatic heterocycles. The van der Waals surface area contributed by atoms with Crippen molar-refractivity contribution in [2.24, 2.45) is 5.92 Å². The number of ether oxygens (including phenoxy) is 1. The molecule has 1 heterocycles. The summed E-state index contributed by atoms with van der Waals surface area (Å²) in [6.45, 7) is 3.93. The highest BCUT2D eigenvalue weighted by atomic mass is 127. The van der Waals surface area contributed by atoms with Crippen LogP contribution in [0.25, 0.3) is 0 Å². The van der Waals surface area contributed by atoms with Crippen LogP contribution in [-0.4, -0.2) is 30.1 Å². The van der Waals surface area contributed by atoms with Crippen molar-refractivity contribution in [3.63, 3.8) is 0 Å². The van der Waals surface area contributed by atoms with Crippen molar-refractivity contribution in [2.45, 2.75) is 45.3 Å². The van der Waals surface area contributed by atoms with Crippen molar-refractivity contribution in [3.05, 3.63) is 44.7 Å². The van der Waals surface area contributed by atoms with E-state index in [9.17, 15) is 9.59 Å². The molecule has 0 aromatic heterocycles. The second-order valence-corrected chi connectivity index (χ2v) is 7.98. The Labute approximate surface area is 161 Å². The summed E-state index contributed by atoms with van der Waals surface area (Å²) in [6, 6.07) is 7.07. The minimum Gasteiger partial charge on any atom is -0.459 e. The number of allylic oxidation sites excluding steroid dienone is 1. The highest BCUT2D eigenvalue weighted by Gasteiger charge is 2.37. The minimum atomic E-state index is -0.485. The van der Waals surface area contributed by atoms with Gasteiger partial charge in [0.25, 0.3) is 0 Å². The second-order valence-electron chi connectivity index (χ2n) is 6.81. The van der Waals surface area contributed by atoms with E-state index in [4.69, 9.17) is 4.74 Å². The summed E-state index contributed by atoms with van der Waals surface area (Å²) in [4.78, 5) is 26.8. The Balaban J connectivity index is 1.97. The van der Waals surface area contributed by atoms with Gasteiger partial charge in [0, 0.05) is 16.3 Å². The van der Waals surface area contributed by atoms with Gasteiger partial charge in [-0.05, 0) is 66.3 Å². The first kappa shape index (κ1) is 18.2. The number of hydrogen-bond donors (Lipinski definition) is 1. The number of rotatable bonds is 3. The van der Waals surface area contributed by atoms with E-state index in [1.54, 1.807) is 14.0 Å². The molecule has 6 heteroatoms. The molecule has 1 aromatic carbocycles. The fourth-order valence-corrected chi connectivity index (χ4v) is 4.23. The van der Waals surface area contributed by atoms with Crippen LogP contribution in [0.5, 0.6) is 0 Å². The van der Waals surface area contributed by atoms with E-state index >= 15 is 0 Å². The molecule has 1 N–H and O–H groups in total. The molecule has 0 spiro atoms. The first-order valence-electron chi connectivity index (χ1n) is 8.60. The summed E-state index contributed by atoms with van der Waals surface area (Å²) < 4.78 is 6.83. The third-order valence-corrected chi connectivity index (χ3v) is 6.21. The van der Waals surface area contributed by atoms with Crippen molar-refractivity contribution >= 4 is 34.6 Å². The lowest BCUT2D eigenvalue weighted by molar-refractivity contribution is -0.146. The molecule has 3 rings (SSSR count). The van der Waals surface area contributed by atoms with Crippen LogP contribution < -0.4 is 5.32 Å². The molecule has 0 bridgehead atoms. The van der Waals surface area contributed by atoms with Crippen LogP contribution in [0.2, 0.25) is 0 Å². The molecule has 1 saturated carbocycles. The quantitative estimate of drug-likeness (QED) is 0.555. The lowest BCUT2D eigenvalue weighted by Gasteiger charge is -2.34. The van der Waals surface area contributed by atoms with Crippen LogP contribution in [-0.2, 0) is 9.53 Å². The predicted molar refractivity (Wildman–Crippen MR) is 104 cm³/mol. The Morgan fingerprint density at radius 3 is 2.68 bits per heavy atom. The average molecular weight is 454 g/mol. The fourth-order valence-electron chi connectivity index (χ4n) is 3.53. The normalized spacial score (nSPS) is 26.6. The van der Waals surface area contributed by atoms with Crippen molar-refractivity contribution in [1.29, 1.82) is 0 Å². The average Bonchev–Trinajstić information content (AvgIpc) is 2.97. The first-order chi connectivity index (χ1) is 11.9. The number of benzene rings is 1. The van der Waals surface area contributed by atoms with Gasteiger partial charge in [-0.1, -0.05) is 25.1 Å². The molecular weight excluding hydrogens is 431 g/mol. The summed E-state index contributed by atoms with van der Waals surface area (Å²) in [5, 5.41) is 2.94. The van der Waals surface area contributed by atoms with Crippen LogP contribution in [0, 0.1) is 9.49 Å². The molecule has 5 nitrogen and oxygen atoms in total. The molecule has 0 saturated heterocycles. The lowest BCUT2D eigenvalue weighted by atomic mass is 9.95. The maximum absolute atomic E-state index is 13.0. The zero-order chi connectivity index (χ0) is 18.1. The van der Waals surface area contributed by atoms with Gasteiger partial charge in [-0.2, -0.15) is 0 Å². The van der Waals surface area contributed by atoms with Gasteiger partial charge in [-0.3, -0.25) is 0 Å². The van der Waals surface area contributed by atoms with Crippen LogP contribution in [0.3, 0.4) is 0 Å². The Bertz CT molecular complexity index is 731.